The molecule has 3 nitrogen and oxygen atoms in total. The van der Waals surface area contributed by atoms with Gasteiger partial charge in [-0.3, -0.25) is 4.79 Å². The summed E-state index contributed by atoms with van der Waals surface area (Å²) in [5, 5.41) is 0. The molecule has 0 spiro atoms. The van der Waals surface area contributed by atoms with Gasteiger partial charge in [0.15, 0.2) is 0 Å². The third-order valence-corrected chi connectivity index (χ3v) is 4.20. The Balaban J connectivity index is 2.20. The Morgan fingerprint density at radius 3 is 2.45 bits per heavy atom. The van der Waals surface area contributed by atoms with E-state index in [4.69, 9.17) is 5.73 Å². The van der Waals surface area contributed by atoms with Crippen LogP contribution in [0.3, 0.4) is 0 Å². The Hall–Kier alpha value is -1.82. The van der Waals surface area contributed by atoms with Crippen LogP contribution in [0.1, 0.15) is 11.1 Å². The average Bonchev–Trinajstić information content (AvgIpc) is 2.72. The van der Waals surface area contributed by atoms with Crippen molar-refractivity contribution in [3.05, 3.63) is 63.2 Å². The first kappa shape index (κ1) is 13.2. The van der Waals surface area contributed by atoms with Crippen LogP contribution in [0.15, 0.2) is 48.5 Å². The van der Waals surface area contributed by atoms with E-state index in [1.54, 1.807) is 11.9 Å². The standard InChI is InChI=1S/C16H13IN2O/c1-19-13-5-3-2-4-12(13)14(16(19)20)15(18)10-6-8-11(17)9-7-10/h2-9H,18H2,1H3. The number of halogens is 1. The van der Waals surface area contributed by atoms with E-state index in [0.717, 1.165) is 20.4 Å². The molecule has 20 heavy (non-hydrogen) atoms. The van der Waals surface area contributed by atoms with Crippen molar-refractivity contribution < 1.29 is 4.79 Å². The lowest BCUT2D eigenvalue weighted by Gasteiger charge is -2.09. The number of likely N-dealkylation sites (N-methyl/N-ethyl adjacent to an activating group) is 1. The molecule has 4 heteroatoms. The zero-order chi connectivity index (χ0) is 14.3. The number of hydrogen-bond acceptors (Lipinski definition) is 2. The quantitative estimate of drug-likeness (QED) is 0.614. The van der Waals surface area contributed by atoms with E-state index in [-0.39, 0.29) is 5.91 Å². The van der Waals surface area contributed by atoms with Gasteiger partial charge in [-0.1, -0.05) is 30.3 Å². The SMILES string of the molecule is CN1C(=O)C(=C(N)c2ccc(I)cc2)c2ccccc21. The van der Waals surface area contributed by atoms with Crippen molar-refractivity contribution in [3.8, 4) is 0 Å². The maximum absolute atomic E-state index is 12.4. The number of rotatable bonds is 1. The lowest BCUT2D eigenvalue weighted by Crippen LogP contribution is -2.21. The maximum atomic E-state index is 12.4. The fourth-order valence-corrected chi connectivity index (χ4v) is 2.76. The zero-order valence-electron chi connectivity index (χ0n) is 10.9. The fraction of sp³-hybridized carbons (Fsp3) is 0.0625. The summed E-state index contributed by atoms with van der Waals surface area (Å²) in [4.78, 5) is 14.1. The van der Waals surface area contributed by atoms with E-state index in [1.165, 1.54) is 0 Å². The van der Waals surface area contributed by atoms with Gasteiger partial charge in [-0.05, 0) is 46.4 Å². The summed E-state index contributed by atoms with van der Waals surface area (Å²) in [6.07, 6.45) is 0. The molecule has 0 radical (unpaired) electrons. The summed E-state index contributed by atoms with van der Waals surface area (Å²) in [6.45, 7) is 0. The summed E-state index contributed by atoms with van der Waals surface area (Å²) in [5.41, 5.74) is 10.0. The predicted molar refractivity (Wildman–Crippen MR) is 90.0 cm³/mol. The largest absolute Gasteiger partial charge is 0.398 e. The second kappa shape index (κ2) is 4.94. The second-order valence-corrected chi connectivity index (χ2v) is 5.92. The molecule has 1 aliphatic heterocycles. The molecule has 2 N–H and O–H groups in total. The normalized spacial score (nSPS) is 16.3. The predicted octanol–water partition coefficient (Wildman–Crippen LogP) is 3.09. The van der Waals surface area contributed by atoms with Gasteiger partial charge < -0.3 is 10.6 Å². The summed E-state index contributed by atoms with van der Waals surface area (Å²) < 4.78 is 1.14. The molecule has 0 atom stereocenters. The smallest absolute Gasteiger partial charge is 0.260 e. The molecule has 0 fully saturated rings. The third-order valence-electron chi connectivity index (χ3n) is 3.48. The number of carbonyl (C=O) groups is 1. The van der Waals surface area contributed by atoms with Crippen LogP contribution in [-0.4, -0.2) is 13.0 Å². The molecule has 0 bridgehead atoms. The van der Waals surface area contributed by atoms with Crippen molar-refractivity contribution in [2.45, 2.75) is 0 Å². The van der Waals surface area contributed by atoms with Gasteiger partial charge in [-0.15, -0.1) is 0 Å². The highest BCUT2D eigenvalue weighted by Crippen LogP contribution is 2.38. The Labute approximate surface area is 131 Å². The first-order valence-corrected chi connectivity index (χ1v) is 7.30. The van der Waals surface area contributed by atoms with E-state index >= 15 is 0 Å². The summed E-state index contributed by atoms with van der Waals surface area (Å²) >= 11 is 2.24. The van der Waals surface area contributed by atoms with Crippen molar-refractivity contribution in [2.75, 3.05) is 11.9 Å². The molecule has 1 aliphatic rings. The molecule has 2 aromatic carbocycles. The van der Waals surface area contributed by atoms with Crippen LogP contribution >= 0.6 is 22.6 Å². The minimum absolute atomic E-state index is 0.0535. The number of carbonyl (C=O) groups excluding carboxylic acids is 1. The number of nitrogens with two attached hydrogens (primary N) is 1. The Morgan fingerprint density at radius 1 is 1.10 bits per heavy atom. The molecule has 1 amide bonds. The highest BCUT2D eigenvalue weighted by atomic mass is 127. The van der Waals surface area contributed by atoms with E-state index < -0.39 is 0 Å². The van der Waals surface area contributed by atoms with Gasteiger partial charge in [-0.25, -0.2) is 0 Å². The zero-order valence-corrected chi connectivity index (χ0v) is 13.1. The van der Waals surface area contributed by atoms with Crippen LogP contribution < -0.4 is 10.6 Å². The Morgan fingerprint density at radius 2 is 1.75 bits per heavy atom. The summed E-state index contributed by atoms with van der Waals surface area (Å²) in [5.74, 6) is -0.0535. The number of para-hydroxylation sites is 1. The van der Waals surface area contributed by atoms with Crippen LogP contribution in [-0.2, 0) is 4.79 Å². The molecule has 3 rings (SSSR count). The first-order chi connectivity index (χ1) is 9.59. The minimum atomic E-state index is -0.0535. The third kappa shape index (κ3) is 2.00. The van der Waals surface area contributed by atoms with Crippen LogP contribution in [0.4, 0.5) is 5.69 Å². The van der Waals surface area contributed by atoms with Crippen molar-refractivity contribution in [1.29, 1.82) is 0 Å². The van der Waals surface area contributed by atoms with Crippen LogP contribution in [0.2, 0.25) is 0 Å². The summed E-state index contributed by atoms with van der Waals surface area (Å²) in [6, 6.07) is 15.6. The van der Waals surface area contributed by atoms with Crippen LogP contribution in [0, 0.1) is 3.57 Å². The molecule has 0 saturated heterocycles. The molecule has 1 heterocycles. The Kier molecular flexibility index (Phi) is 3.25. The number of benzene rings is 2. The van der Waals surface area contributed by atoms with Crippen LogP contribution in [0.5, 0.6) is 0 Å². The number of fused-ring (bicyclic) bond motifs is 1. The average molecular weight is 376 g/mol. The second-order valence-electron chi connectivity index (χ2n) is 4.68. The van der Waals surface area contributed by atoms with Gasteiger partial charge in [0.25, 0.3) is 5.91 Å². The van der Waals surface area contributed by atoms with E-state index in [9.17, 15) is 4.79 Å². The van der Waals surface area contributed by atoms with Crippen molar-refractivity contribution in [3.63, 3.8) is 0 Å². The van der Waals surface area contributed by atoms with Crippen LogP contribution in [0.25, 0.3) is 11.3 Å². The van der Waals surface area contributed by atoms with Gasteiger partial charge in [0.2, 0.25) is 0 Å². The monoisotopic (exact) mass is 376 g/mol. The van der Waals surface area contributed by atoms with Gasteiger partial charge in [0.05, 0.1) is 17.0 Å². The first-order valence-electron chi connectivity index (χ1n) is 6.22. The van der Waals surface area contributed by atoms with E-state index in [0.29, 0.717) is 11.3 Å². The van der Waals surface area contributed by atoms with Crippen molar-refractivity contribution in [2.24, 2.45) is 5.73 Å². The highest BCUT2D eigenvalue weighted by molar-refractivity contribution is 14.1. The lowest BCUT2D eigenvalue weighted by atomic mass is 10.0. The molecule has 0 saturated carbocycles. The van der Waals surface area contributed by atoms with Crippen molar-refractivity contribution >= 4 is 45.5 Å². The fourth-order valence-electron chi connectivity index (χ4n) is 2.40. The highest BCUT2D eigenvalue weighted by Gasteiger charge is 2.31. The van der Waals surface area contributed by atoms with E-state index in [2.05, 4.69) is 22.6 Å². The number of anilines is 1. The van der Waals surface area contributed by atoms with Gasteiger partial charge in [-0.2, -0.15) is 0 Å². The van der Waals surface area contributed by atoms with E-state index in [1.807, 2.05) is 48.5 Å². The Bertz CT molecular complexity index is 720. The maximum Gasteiger partial charge on any atom is 0.260 e. The van der Waals surface area contributed by atoms with Gasteiger partial charge in [0, 0.05) is 16.2 Å². The number of hydrogen-bond donors (Lipinski definition) is 1. The van der Waals surface area contributed by atoms with Gasteiger partial charge >= 0.3 is 0 Å². The molecule has 0 aromatic heterocycles. The topological polar surface area (TPSA) is 46.3 Å². The molecule has 2 aromatic rings. The number of nitrogens with zero attached hydrogens (tertiary/aromatic N) is 1. The molecule has 100 valence electrons. The summed E-state index contributed by atoms with van der Waals surface area (Å²) in [7, 11) is 1.77. The van der Waals surface area contributed by atoms with Crippen molar-refractivity contribution in [1.82, 2.24) is 0 Å². The molecular formula is C16H13IN2O. The molecule has 0 aliphatic carbocycles. The molecule has 0 unspecified atom stereocenters. The minimum Gasteiger partial charge on any atom is -0.398 e. The molecular weight excluding hydrogens is 363 g/mol. The number of amides is 1. The lowest BCUT2D eigenvalue weighted by molar-refractivity contribution is -0.112. The van der Waals surface area contributed by atoms with Gasteiger partial charge in [0.1, 0.15) is 0 Å².